The Hall–Kier alpha value is -3.19. The van der Waals surface area contributed by atoms with Gasteiger partial charge in [0.15, 0.2) is 16.7 Å². The second-order valence-electron chi connectivity index (χ2n) is 6.39. The molecular formula is C20H20N5OS+. The molecule has 2 amide bonds. The molecule has 0 unspecified atom stereocenters. The van der Waals surface area contributed by atoms with E-state index in [1.807, 2.05) is 60.8 Å². The number of aromatic nitrogens is 3. The summed E-state index contributed by atoms with van der Waals surface area (Å²) in [5.41, 5.74) is 6.37. The van der Waals surface area contributed by atoms with E-state index in [2.05, 4.69) is 20.3 Å². The molecule has 0 saturated carbocycles. The van der Waals surface area contributed by atoms with Crippen LogP contribution in [-0.2, 0) is 0 Å². The zero-order valence-corrected chi connectivity index (χ0v) is 15.9. The molecule has 27 heavy (non-hydrogen) atoms. The molecule has 136 valence electrons. The van der Waals surface area contributed by atoms with E-state index >= 15 is 0 Å². The summed E-state index contributed by atoms with van der Waals surface area (Å²) in [6, 6.07) is 15.5. The Kier molecular flexibility index (Phi) is 4.60. The highest BCUT2D eigenvalue weighted by Gasteiger charge is 2.19. The predicted molar refractivity (Wildman–Crippen MR) is 108 cm³/mol. The Morgan fingerprint density at radius 1 is 1.26 bits per heavy atom. The lowest BCUT2D eigenvalue weighted by Crippen LogP contribution is -2.33. The van der Waals surface area contributed by atoms with Crippen molar-refractivity contribution in [2.24, 2.45) is 0 Å². The van der Waals surface area contributed by atoms with Gasteiger partial charge in [-0.15, -0.1) is 11.3 Å². The largest absolute Gasteiger partial charge is 0.322 e. The predicted octanol–water partition coefficient (Wildman–Crippen LogP) is 4.33. The highest BCUT2D eigenvalue weighted by Crippen LogP contribution is 2.22. The van der Waals surface area contributed by atoms with Gasteiger partial charge >= 0.3 is 11.9 Å². The number of urea groups is 1. The number of rotatable bonds is 4. The summed E-state index contributed by atoms with van der Waals surface area (Å²) in [5, 5.41) is 4.94. The van der Waals surface area contributed by atoms with Gasteiger partial charge in [-0.05, 0) is 24.6 Å². The molecule has 2 aromatic heterocycles. The molecule has 0 aliphatic carbocycles. The Balaban J connectivity index is 1.51. The fraction of sp³-hybridized carbons (Fsp3) is 0.150. The number of anilines is 1. The van der Waals surface area contributed by atoms with Gasteiger partial charge in [-0.1, -0.05) is 30.3 Å². The van der Waals surface area contributed by atoms with Crippen LogP contribution in [0.25, 0.3) is 22.6 Å². The van der Waals surface area contributed by atoms with E-state index in [1.54, 1.807) is 28.8 Å². The minimum absolute atomic E-state index is 0.0231. The molecule has 0 spiro atoms. The maximum absolute atomic E-state index is 12.6. The van der Waals surface area contributed by atoms with Crippen molar-refractivity contribution in [2.45, 2.75) is 13.0 Å². The van der Waals surface area contributed by atoms with Crippen molar-refractivity contribution in [3.8, 4) is 11.5 Å². The number of hydrogen-bond acceptors (Lipinski definition) is 3. The number of thiazole rings is 1. The Bertz CT molecular complexity index is 1060. The lowest BCUT2D eigenvalue weighted by atomic mass is 10.1. The summed E-state index contributed by atoms with van der Waals surface area (Å²) < 4.78 is 0. The quantitative estimate of drug-likeness (QED) is 0.555. The van der Waals surface area contributed by atoms with Crippen LogP contribution in [0, 0.1) is 0 Å². The number of amides is 2. The highest BCUT2D eigenvalue weighted by molar-refractivity contribution is 7.07. The van der Waals surface area contributed by atoms with Crippen molar-refractivity contribution in [3.63, 3.8) is 0 Å². The minimum Gasteiger partial charge on any atom is -0.321 e. The molecule has 0 radical (unpaired) electrons. The maximum atomic E-state index is 12.6. The van der Waals surface area contributed by atoms with E-state index in [-0.39, 0.29) is 12.1 Å². The molecule has 7 heteroatoms. The van der Waals surface area contributed by atoms with Gasteiger partial charge in [0, 0.05) is 24.2 Å². The number of carbonyl (C=O) groups excluding carboxylic acids is 1. The summed E-state index contributed by atoms with van der Waals surface area (Å²) in [5.74, 6) is 0.851. The van der Waals surface area contributed by atoms with Crippen LogP contribution in [0.4, 0.5) is 10.5 Å². The van der Waals surface area contributed by atoms with Crippen LogP contribution in [-0.4, -0.2) is 27.9 Å². The zero-order chi connectivity index (χ0) is 18.8. The number of imidazole rings is 1. The number of benzene rings is 2. The topological polar surface area (TPSA) is 75.2 Å². The Morgan fingerprint density at radius 2 is 2.07 bits per heavy atom. The summed E-state index contributed by atoms with van der Waals surface area (Å²) in [4.78, 5) is 25.3. The molecular weight excluding hydrogens is 358 g/mol. The van der Waals surface area contributed by atoms with E-state index in [0.717, 1.165) is 33.8 Å². The number of carbonyl (C=O) groups is 1. The van der Waals surface area contributed by atoms with E-state index in [1.165, 1.54) is 0 Å². The smallest absolute Gasteiger partial charge is 0.321 e. The van der Waals surface area contributed by atoms with Gasteiger partial charge in [-0.2, -0.15) is 0 Å². The summed E-state index contributed by atoms with van der Waals surface area (Å²) in [6.07, 6.45) is 0. The highest BCUT2D eigenvalue weighted by atomic mass is 32.1. The Morgan fingerprint density at radius 3 is 2.81 bits per heavy atom. The van der Waals surface area contributed by atoms with Crippen LogP contribution >= 0.6 is 11.3 Å². The fourth-order valence-corrected chi connectivity index (χ4v) is 3.48. The second-order valence-corrected chi connectivity index (χ2v) is 7.11. The molecule has 0 fully saturated rings. The van der Waals surface area contributed by atoms with Crippen LogP contribution in [0.1, 0.15) is 18.5 Å². The van der Waals surface area contributed by atoms with Gasteiger partial charge in [0.25, 0.3) is 0 Å². The van der Waals surface area contributed by atoms with Gasteiger partial charge in [0.05, 0.1) is 11.6 Å². The van der Waals surface area contributed by atoms with Crippen molar-refractivity contribution in [1.82, 2.24) is 14.9 Å². The van der Waals surface area contributed by atoms with Crippen molar-refractivity contribution in [3.05, 3.63) is 65.0 Å². The standard InChI is InChI=1S/C20H19N5OS/c1-13(14-6-4-3-5-7-14)25(2)20(26)22-15-8-9-16-17(10-15)24-19(23-16)18-11-27-12-21-18/h3-13H,1-2H3,(H,22,26)(H,23,24)/p+1/t13-/m0/s1. The van der Waals surface area contributed by atoms with Crippen LogP contribution in [0.5, 0.6) is 0 Å². The second kappa shape index (κ2) is 7.20. The molecule has 1 atom stereocenters. The van der Waals surface area contributed by atoms with Crippen molar-refractivity contribution in [1.29, 1.82) is 0 Å². The molecule has 6 nitrogen and oxygen atoms in total. The van der Waals surface area contributed by atoms with E-state index in [9.17, 15) is 4.79 Å². The van der Waals surface area contributed by atoms with Gasteiger partial charge in [-0.25, -0.2) is 19.7 Å². The van der Waals surface area contributed by atoms with Gasteiger partial charge in [0.2, 0.25) is 0 Å². The van der Waals surface area contributed by atoms with Crippen molar-refractivity contribution in [2.75, 3.05) is 12.4 Å². The third-order valence-corrected chi connectivity index (χ3v) is 5.25. The maximum Gasteiger partial charge on any atom is 0.322 e. The molecule has 4 aromatic rings. The van der Waals surface area contributed by atoms with Crippen LogP contribution in [0.3, 0.4) is 0 Å². The van der Waals surface area contributed by atoms with Crippen LogP contribution < -0.4 is 10.3 Å². The number of nitrogens with zero attached hydrogens (tertiary/aromatic N) is 2. The molecule has 0 bridgehead atoms. The molecule has 4 rings (SSSR count). The van der Waals surface area contributed by atoms with Crippen molar-refractivity contribution >= 4 is 34.1 Å². The molecule has 0 saturated heterocycles. The molecule has 2 aromatic carbocycles. The number of nitrogens with one attached hydrogen (secondary N) is 3. The first kappa shape index (κ1) is 17.2. The molecule has 2 heterocycles. The molecule has 3 N–H and O–H groups in total. The van der Waals surface area contributed by atoms with E-state index < -0.39 is 0 Å². The van der Waals surface area contributed by atoms with Gasteiger partial charge < -0.3 is 10.2 Å². The number of hydrogen-bond donors (Lipinski definition) is 2. The van der Waals surface area contributed by atoms with E-state index in [4.69, 9.17) is 0 Å². The van der Waals surface area contributed by atoms with Gasteiger partial charge in [-0.3, -0.25) is 0 Å². The number of aromatic amines is 2. The minimum atomic E-state index is -0.152. The monoisotopic (exact) mass is 378 g/mol. The first-order chi connectivity index (χ1) is 13.1. The first-order valence-corrected chi connectivity index (χ1v) is 9.58. The summed E-state index contributed by atoms with van der Waals surface area (Å²) >= 11 is 1.55. The Labute approximate surface area is 160 Å². The fourth-order valence-electron chi connectivity index (χ4n) is 2.94. The zero-order valence-electron chi connectivity index (χ0n) is 15.1. The average Bonchev–Trinajstić information content (AvgIpc) is 3.36. The number of fused-ring (bicyclic) bond motifs is 1. The third kappa shape index (κ3) is 3.54. The van der Waals surface area contributed by atoms with Crippen molar-refractivity contribution < 1.29 is 9.78 Å². The average molecular weight is 378 g/mol. The summed E-state index contributed by atoms with van der Waals surface area (Å²) in [6.45, 7) is 2.01. The molecule has 0 aliphatic heterocycles. The SMILES string of the molecule is C[C@@H](c1ccccc1)N(C)C(=O)Nc1ccc2[nH+]c(-c3cscn3)[nH]c2c1. The van der Waals surface area contributed by atoms with Gasteiger partial charge in [0.1, 0.15) is 0 Å². The number of H-pyrrole nitrogens is 2. The summed E-state index contributed by atoms with van der Waals surface area (Å²) in [7, 11) is 1.80. The van der Waals surface area contributed by atoms with E-state index in [0.29, 0.717) is 0 Å². The first-order valence-electron chi connectivity index (χ1n) is 8.64. The third-order valence-electron chi connectivity index (χ3n) is 4.66. The lowest BCUT2D eigenvalue weighted by Gasteiger charge is -2.25. The van der Waals surface area contributed by atoms with Crippen LogP contribution in [0.15, 0.2) is 59.4 Å². The van der Waals surface area contributed by atoms with Crippen LogP contribution in [0.2, 0.25) is 0 Å². The normalized spacial score (nSPS) is 12.1. The molecule has 0 aliphatic rings. The lowest BCUT2D eigenvalue weighted by molar-refractivity contribution is -0.330.